The first-order valence-electron chi connectivity index (χ1n) is 7.77. The molecule has 28 heavy (non-hydrogen) atoms. The van der Waals surface area contributed by atoms with Crippen LogP contribution in [0.5, 0.6) is 11.6 Å². The van der Waals surface area contributed by atoms with Crippen molar-refractivity contribution in [1.29, 1.82) is 0 Å². The molecule has 0 saturated carbocycles. The van der Waals surface area contributed by atoms with Gasteiger partial charge in [0.15, 0.2) is 17.4 Å². The molecule has 3 aromatic rings. The lowest BCUT2D eigenvalue weighted by atomic mass is 10.0. The topological polar surface area (TPSA) is 65.2 Å². The van der Waals surface area contributed by atoms with Crippen LogP contribution in [0.15, 0.2) is 54.7 Å². The van der Waals surface area contributed by atoms with Crippen molar-refractivity contribution in [3.63, 3.8) is 0 Å². The quantitative estimate of drug-likeness (QED) is 0.501. The van der Waals surface area contributed by atoms with Gasteiger partial charge in [-0.1, -0.05) is 18.2 Å². The summed E-state index contributed by atoms with van der Waals surface area (Å²) in [4.78, 5) is 16.3. The van der Waals surface area contributed by atoms with Crippen molar-refractivity contribution in [3.05, 3.63) is 83.1 Å². The Labute approximate surface area is 155 Å². The Bertz CT molecular complexity index is 1030. The van der Waals surface area contributed by atoms with Gasteiger partial charge in [0, 0.05) is 11.8 Å². The monoisotopic (exact) mass is 394 g/mol. The van der Waals surface area contributed by atoms with Gasteiger partial charge >= 0.3 is 6.18 Å². The van der Waals surface area contributed by atoms with E-state index < -0.39 is 40.8 Å². The van der Waals surface area contributed by atoms with Crippen molar-refractivity contribution in [2.75, 3.05) is 5.73 Å². The smallest absolute Gasteiger partial charge is 0.416 e. The van der Waals surface area contributed by atoms with Crippen LogP contribution in [-0.2, 0) is 6.18 Å². The lowest BCUT2D eigenvalue weighted by Gasteiger charge is -2.12. The first-order chi connectivity index (χ1) is 13.2. The maximum absolute atomic E-state index is 13.7. The molecule has 1 heterocycles. The van der Waals surface area contributed by atoms with Gasteiger partial charge in [-0.2, -0.15) is 13.2 Å². The molecule has 2 N–H and O–H groups in total. The number of aromatic nitrogens is 1. The summed E-state index contributed by atoms with van der Waals surface area (Å²) in [6.07, 6.45) is -3.54. The van der Waals surface area contributed by atoms with Crippen molar-refractivity contribution in [2.24, 2.45) is 0 Å². The maximum Gasteiger partial charge on any atom is 0.416 e. The summed E-state index contributed by atoms with van der Waals surface area (Å²) in [5.74, 6) is -4.09. The highest BCUT2D eigenvalue weighted by Crippen LogP contribution is 2.33. The highest BCUT2D eigenvalue weighted by atomic mass is 19.4. The van der Waals surface area contributed by atoms with Crippen molar-refractivity contribution in [1.82, 2.24) is 4.98 Å². The van der Waals surface area contributed by atoms with E-state index in [4.69, 9.17) is 10.5 Å². The normalized spacial score (nSPS) is 11.3. The minimum atomic E-state index is -4.63. The van der Waals surface area contributed by atoms with E-state index in [-0.39, 0.29) is 16.8 Å². The molecular formula is C19H11F5N2O2. The molecular weight excluding hydrogens is 383 g/mol. The van der Waals surface area contributed by atoms with E-state index in [1.165, 1.54) is 12.1 Å². The molecule has 0 aliphatic heterocycles. The van der Waals surface area contributed by atoms with Crippen molar-refractivity contribution in [3.8, 4) is 11.6 Å². The highest BCUT2D eigenvalue weighted by molar-refractivity contribution is 6.12. The van der Waals surface area contributed by atoms with Gasteiger partial charge < -0.3 is 10.5 Å². The summed E-state index contributed by atoms with van der Waals surface area (Å²) in [6, 6.07) is 7.97. The van der Waals surface area contributed by atoms with Crippen molar-refractivity contribution in [2.45, 2.75) is 6.18 Å². The van der Waals surface area contributed by atoms with Gasteiger partial charge in [-0.3, -0.25) is 4.79 Å². The second-order valence-electron chi connectivity index (χ2n) is 5.64. The number of carbonyl (C=O) groups excluding carboxylic acids is 1. The third-order valence-corrected chi connectivity index (χ3v) is 3.77. The van der Waals surface area contributed by atoms with Crippen LogP contribution in [0.4, 0.5) is 27.6 Å². The molecule has 0 spiro atoms. The molecule has 3 rings (SSSR count). The standard InChI is InChI=1S/C19H11F5N2O2/c20-13-5-2-6-14(21)17(13)28-18-15(25)12(7-8-26-18)16(27)10-3-1-4-11(9-10)19(22,23)24/h1-9H,25H2. The Morgan fingerprint density at radius 3 is 2.29 bits per heavy atom. The van der Waals surface area contributed by atoms with Crippen LogP contribution >= 0.6 is 0 Å². The van der Waals surface area contributed by atoms with Gasteiger partial charge in [-0.05, 0) is 30.3 Å². The fraction of sp³-hybridized carbons (Fsp3) is 0.0526. The summed E-state index contributed by atoms with van der Waals surface area (Å²) in [5.41, 5.74) is 3.96. The second-order valence-corrected chi connectivity index (χ2v) is 5.64. The maximum atomic E-state index is 13.7. The molecule has 1 aromatic heterocycles. The number of pyridine rings is 1. The number of benzene rings is 2. The molecule has 0 radical (unpaired) electrons. The van der Waals surface area contributed by atoms with Gasteiger partial charge in [0.25, 0.3) is 0 Å². The number of halogens is 5. The number of anilines is 1. The van der Waals surface area contributed by atoms with E-state index in [0.717, 1.165) is 36.5 Å². The number of ketones is 1. The SMILES string of the molecule is Nc1c(C(=O)c2cccc(C(F)(F)F)c2)ccnc1Oc1c(F)cccc1F. The number of hydrogen-bond acceptors (Lipinski definition) is 4. The van der Waals surface area contributed by atoms with E-state index in [1.807, 2.05) is 0 Å². The number of hydrogen-bond donors (Lipinski definition) is 1. The zero-order chi connectivity index (χ0) is 20.5. The Hall–Kier alpha value is -3.49. The van der Waals surface area contributed by atoms with Gasteiger partial charge in [0.2, 0.25) is 11.6 Å². The largest absolute Gasteiger partial charge is 0.431 e. The highest BCUT2D eigenvalue weighted by Gasteiger charge is 2.31. The Morgan fingerprint density at radius 1 is 1.00 bits per heavy atom. The average Bonchev–Trinajstić information content (AvgIpc) is 2.65. The van der Waals surface area contributed by atoms with Crippen LogP contribution < -0.4 is 10.5 Å². The van der Waals surface area contributed by atoms with Crippen LogP contribution in [0.3, 0.4) is 0 Å². The predicted molar refractivity (Wildman–Crippen MR) is 90.0 cm³/mol. The Morgan fingerprint density at radius 2 is 1.64 bits per heavy atom. The number of nitrogens with zero attached hydrogens (tertiary/aromatic N) is 1. The van der Waals surface area contributed by atoms with E-state index in [0.29, 0.717) is 6.07 Å². The molecule has 0 saturated heterocycles. The molecule has 2 aromatic carbocycles. The van der Waals surface area contributed by atoms with Crippen molar-refractivity contribution >= 4 is 11.5 Å². The van der Waals surface area contributed by atoms with Crippen LogP contribution in [0.2, 0.25) is 0 Å². The molecule has 0 bridgehead atoms. The lowest BCUT2D eigenvalue weighted by molar-refractivity contribution is -0.137. The fourth-order valence-electron chi connectivity index (χ4n) is 2.40. The summed E-state index contributed by atoms with van der Waals surface area (Å²) in [5, 5.41) is 0. The number of carbonyl (C=O) groups is 1. The van der Waals surface area contributed by atoms with Crippen LogP contribution in [0.1, 0.15) is 21.5 Å². The van der Waals surface area contributed by atoms with E-state index in [9.17, 15) is 26.7 Å². The number of para-hydroxylation sites is 1. The summed E-state index contributed by atoms with van der Waals surface area (Å²) >= 11 is 0. The van der Waals surface area contributed by atoms with E-state index in [2.05, 4.69) is 4.98 Å². The molecule has 0 aliphatic rings. The minimum absolute atomic E-state index is 0.221. The van der Waals surface area contributed by atoms with Gasteiger partial charge in [0.1, 0.15) is 5.69 Å². The molecule has 4 nitrogen and oxygen atoms in total. The number of nitrogen functional groups attached to an aromatic ring is 1. The third kappa shape index (κ3) is 3.78. The zero-order valence-electron chi connectivity index (χ0n) is 13.9. The first-order valence-corrected chi connectivity index (χ1v) is 7.77. The molecule has 9 heteroatoms. The summed E-state index contributed by atoms with van der Waals surface area (Å²) in [7, 11) is 0. The fourth-order valence-corrected chi connectivity index (χ4v) is 2.40. The number of ether oxygens (including phenoxy) is 1. The molecule has 0 atom stereocenters. The Kier molecular flexibility index (Phi) is 5.00. The minimum Gasteiger partial charge on any atom is -0.431 e. The molecule has 0 unspecified atom stereocenters. The predicted octanol–water partition coefficient (Wildman–Crippen LogP) is 4.98. The summed E-state index contributed by atoms with van der Waals surface area (Å²) < 4.78 is 71.1. The number of nitrogens with two attached hydrogens (primary N) is 1. The molecule has 144 valence electrons. The molecule has 0 amide bonds. The van der Waals surface area contributed by atoms with Crippen LogP contribution in [-0.4, -0.2) is 10.8 Å². The van der Waals surface area contributed by atoms with Gasteiger partial charge in [-0.25, -0.2) is 13.8 Å². The number of alkyl halides is 3. The molecule has 0 fully saturated rings. The summed E-state index contributed by atoms with van der Waals surface area (Å²) in [6.45, 7) is 0. The second kappa shape index (κ2) is 7.26. The van der Waals surface area contributed by atoms with E-state index >= 15 is 0 Å². The lowest BCUT2D eigenvalue weighted by Crippen LogP contribution is -2.10. The Balaban J connectivity index is 1.98. The van der Waals surface area contributed by atoms with Crippen LogP contribution in [0.25, 0.3) is 0 Å². The zero-order valence-corrected chi connectivity index (χ0v) is 13.9. The van der Waals surface area contributed by atoms with E-state index in [1.54, 1.807) is 0 Å². The molecule has 0 aliphatic carbocycles. The van der Waals surface area contributed by atoms with Gasteiger partial charge in [-0.15, -0.1) is 0 Å². The third-order valence-electron chi connectivity index (χ3n) is 3.77. The number of rotatable bonds is 4. The average molecular weight is 394 g/mol. The van der Waals surface area contributed by atoms with Crippen molar-refractivity contribution < 1.29 is 31.5 Å². The first kappa shape index (κ1) is 19.3. The van der Waals surface area contributed by atoms with Gasteiger partial charge in [0.05, 0.1) is 11.1 Å². The van der Waals surface area contributed by atoms with Crippen LogP contribution in [0, 0.1) is 11.6 Å².